The number of rotatable bonds is 1. The highest BCUT2D eigenvalue weighted by Crippen LogP contribution is 2.20. The van der Waals surface area contributed by atoms with Gasteiger partial charge in [0.15, 0.2) is 0 Å². The van der Waals surface area contributed by atoms with Gasteiger partial charge in [-0.05, 0) is 12.8 Å². The molecule has 2 rings (SSSR count). The highest BCUT2D eigenvalue weighted by molar-refractivity contribution is 5.01. The van der Waals surface area contributed by atoms with Crippen molar-refractivity contribution in [2.24, 2.45) is 0 Å². The van der Waals surface area contributed by atoms with Gasteiger partial charge in [0.25, 0.3) is 0 Å². The van der Waals surface area contributed by atoms with E-state index in [0.29, 0.717) is 13.2 Å². The van der Waals surface area contributed by atoms with Crippen molar-refractivity contribution in [1.29, 1.82) is 0 Å². The summed E-state index contributed by atoms with van der Waals surface area (Å²) in [5.74, 6) is 0. The molecule has 3 nitrogen and oxygen atoms in total. The molecule has 2 aliphatic heterocycles. The van der Waals surface area contributed by atoms with Gasteiger partial charge in [-0.1, -0.05) is 12.2 Å². The maximum absolute atomic E-state index is 9.62. The lowest BCUT2D eigenvalue weighted by Gasteiger charge is -2.33. The maximum atomic E-state index is 9.62. The van der Waals surface area contributed by atoms with Crippen LogP contribution in [0.4, 0.5) is 0 Å². The molecule has 2 atom stereocenters. The van der Waals surface area contributed by atoms with Crippen LogP contribution in [0.1, 0.15) is 12.8 Å². The van der Waals surface area contributed by atoms with Crippen molar-refractivity contribution in [2.45, 2.75) is 25.0 Å². The molecule has 0 aromatic heterocycles. The summed E-state index contributed by atoms with van der Waals surface area (Å²) in [5.41, 5.74) is 1.34. The van der Waals surface area contributed by atoms with Crippen molar-refractivity contribution in [1.82, 2.24) is 4.90 Å². The Morgan fingerprint density at radius 1 is 1.31 bits per heavy atom. The lowest BCUT2D eigenvalue weighted by atomic mass is 10.0. The Morgan fingerprint density at radius 3 is 2.54 bits per heavy atom. The van der Waals surface area contributed by atoms with Gasteiger partial charge in [-0.3, -0.25) is 4.90 Å². The number of aliphatic hydroxyl groups excluding tert-OH is 1. The minimum atomic E-state index is -0.286. The van der Waals surface area contributed by atoms with E-state index in [0.717, 1.165) is 25.9 Å². The number of ether oxygens (including phenoxy) is 1. The fourth-order valence-electron chi connectivity index (χ4n) is 2.05. The Bertz CT molecular complexity index is 195. The molecule has 0 radical (unpaired) electrons. The molecule has 0 aliphatic carbocycles. The molecule has 0 amide bonds. The molecular weight excluding hydrogens is 166 g/mol. The van der Waals surface area contributed by atoms with E-state index >= 15 is 0 Å². The first-order valence-electron chi connectivity index (χ1n) is 4.94. The van der Waals surface area contributed by atoms with Gasteiger partial charge in [-0.2, -0.15) is 0 Å². The third-order valence-corrected chi connectivity index (χ3v) is 3.00. The molecule has 0 aromatic rings. The minimum absolute atomic E-state index is 0.230. The monoisotopic (exact) mass is 183 g/mol. The van der Waals surface area contributed by atoms with E-state index in [4.69, 9.17) is 4.74 Å². The van der Waals surface area contributed by atoms with Crippen LogP contribution in [-0.2, 0) is 4.74 Å². The summed E-state index contributed by atoms with van der Waals surface area (Å²) in [6.45, 7) is 7.23. The Morgan fingerprint density at radius 2 is 2.00 bits per heavy atom. The fourth-order valence-corrected chi connectivity index (χ4v) is 2.05. The number of piperidine rings is 1. The Hall–Kier alpha value is -0.380. The quantitative estimate of drug-likeness (QED) is 0.597. The van der Waals surface area contributed by atoms with Crippen LogP contribution >= 0.6 is 0 Å². The molecule has 0 aromatic carbocycles. The summed E-state index contributed by atoms with van der Waals surface area (Å²) in [4.78, 5) is 2.33. The maximum Gasteiger partial charge on any atom is 0.0950 e. The lowest BCUT2D eigenvalue weighted by molar-refractivity contribution is 0.0773. The van der Waals surface area contributed by atoms with E-state index < -0.39 is 0 Å². The van der Waals surface area contributed by atoms with Gasteiger partial charge in [0.2, 0.25) is 0 Å². The molecule has 1 unspecified atom stereocenters. The first-order valence-corrected chi connectivity index (χ1v) is 4.94. The van der Waals surface area contributed by atoms with E-state index in [-0.39, 0.29) is 12.1 Å². The van der Waals surface area contributed by atoms with Gasteiger partial charge in [0.05, 0.1) is 25.4 Å². The molecule has 0 saturated carbocycles. The first kappa shape index (κ1) is 9.19. The molecule has 1 N–H and O–H groups in total. The van der Waals surface area contributed by atoms with Crippen molar-refractivity contribution < 1.29 is 9.84 Å². The first-order chi connectivity index (χ1) is 6.27. The van der Waals surface area contributed by atoms with E-state index in [1.54, 1.807) is 0 Å². The third-order valence-electron chi connectivity index (χ3n) is 3.00. The molecule has 2 fully saturated rings. The van der Waals surface area contributed by atoms with Gasteiger partial charge in [0, 0.05) is 13.1 Å². The zero-order valence-electron chi connectivity index (χ0n) is 7.91. The molecule has 3 heteroatoms. The normalized spacial score (nSPS) is 36.8. The van der Waals surface area contributed by atoms with Crippen molar-refractivity contribution in [2.75, 3.05) is 26.3 Å². The lowest BCUT2D eigenvalue weighted by Crippen LogP contribution is -2.45. The zero-order chi connectivity index (χ0) is 9.26. The van der Waals surface area contributed by atoms with E-state index in [1.165, 1.54) is 5.57 Å². The molecule has 2 aliphatic rings. The second kappa shape index (κ2) is 3.78. The van der Waals surface area contributed by atoms with Crippen LogP contribution in [0.2, 0.25) is 0 Å². The summed E-state index contributed by atoms with van der Waals surface area (Å²) in [5, 5.41) is 9.62. The van der Waals surface area contributed by atoms with Gasteiger partial charge in [0.1, 0.15) is 0 Å². The standard InChI is InChI=1S/C10H17NO2/c1-8-2-4-11(5-3-8)9-6-13-7-10(9)12/h9-10,12H,1-7H2/t9?,10-/m1/s1. The second-order valence-electron chi connectivity index (χ2n) is 3.96. The molecule has 0 spiro atoms. The number of nitrogens with zero attached hydrogens (tertiary/aromatic N) is 1. The molecule has 0 bridgehead atoms. The Labute approximate surface area is 79.0 Å². The van der Waals surface area contributed by atoms with Crippen LogP contribution in [0, 0.1) is 0 Å². The summed E-state index contributed by atoms with van der Waals surface area (Å²) >= 11 is 0. The van der Waals surface area contributed by atoms with Crippen LogP contribution in [0.25, 0.3) is 0 Å². The number of aliphatic hydroxyl groups is 1. The smallest absolute Gasteiger partial charge is 0.0950 e. The summed E-state index contributed by atoms with van der Waals surface area (Å²) in [6.07, 6.45) is 1.86. The highest BCUT2D eigenvalue weighted by atomic mass is 16.5. The van der Waals surface area contributed by atoms with Crippen LogP contribution in [-0.4, -0.2) is 48.5 Å². The van der Waals surface area contributed by atoms with Gasteiger partial charge in [-0.15, -0.1) is 0 Å². The van der Waals surface area contributed by atoms with Crippen LogP contribution in [0.3, 0.4) is 0 Å². The van der Waals surface area contributed by atoms with Crippen molar-refractivity contribution >= 4 is 0 Å². The second-order valence-corrected chi connectivity index (χ2v) is 3.96. The molecule has 74 valence electrons. The van der Waals surface area contributed by atoms with Gasteiger partial charge in [-0.25, -0.2) is 0 Å². The largest absolute Gasteiger partial charge is 0.389 e. The average Bonchev–Trinajstić information content (AvgIpc) is 2.53. The van der Waals surface area contributed by atoms with Crippen LogP contribution in [0.15, 0.2) is 12.2 Å². The SMILES string of the molecule is C=C1CCN(C2COC[C@H]2O)CC1. The summed E-state index contributed by atoms with van der Waals surface area (Å²) in [7, 11) is 0. The highest BCUT2D eigenvalue weighted by Gasteiger charge is 2.32. The Kier molecular flexibility index (Phi) is 2.67. The molecular formula is C10H17NO2. The van der Waals surface area contributed by atoms with Gasteiger partial charge >= 0.3 is 0 Å². The summed E-state index contributed by atoms with van der Waals surface area (Å²) < 4.78 is 5.24. The Balaban J connectivity index is 1.90. The molecule has 2 heterocycles. The predicted octanol–water partition coefficient (Wildman–Crippen LogP) is 0.398. The topological polar surface area (TPSA) is 32.7 Å². The van der Waals surface area contributed by atoms with E-state index in [1.807, 2.05) is 0 Å². The van der Waals surface area contributed by atoms with Crippen LogP contribution < -0.4 is 0 Å². The van der Waals surface area contributed by atoms with E-state index in [9.17, 15) is 5.11 Å². The minimum Gasteiger partial charge on any atom is -0.389 e. The third kappa shape index (κ3) is 1.93. The van der Waals surface area contributed by atoms with Gasteiger partial charge < -0.3 is 9.84 Å². The number of hydrogen-bond acceptors (Lipinski definition) is 3. The molecule has 13 heavy (non-hydrogen) atoms. The fraction of sp³-hybridized carbons (Fsp3) is 0.800. The number of likely N-dealkylation sites (tertiary alicyclic amines) is 1. The summed E-state index contributed by atoms with van der Waals surface area (Å²) in [6, 6.07) is 0.230. The van der Waals surface area contributed by atoms with Crippen molar-refractivity contribution in [3.05, 3.63) is 12.2 Å². The van der Waals surface area contributed by atoms with Crippen molar-refractivity contribution in [3.8, 4) is 0 Å². The average molecular weight is 183 g/mol. The predicted molar refractivity (Wildman–Crippen MR) is 50.6 cm³/mol. The van der Waals surface area contributed by atoms with Crippen molar-refractivity contribution in [3.63, 3.8) is 0 Å². The van der Waals surface area contributed by atoms with Crippen LogP contribution in [0.5, 0.6) is 0 Å². The van der Waals surface area contributed by atoms with E-state index in [2.05, 4.69) is 11.5 Å². The zero-order valence-corrected chi connectivity index (χ0v) is 7.91. The molecule has 2 saturated heterocycles. The number of hydrogen-bond donors (Lipinski definition) is 1.